The SMILES string of the molecule is [2H]c1c([2H])c([2H])c2c([nH]c3c([2H])c([2H])c(-c4c([2H])c([2H])c5[nH]c6c([2H])c([2H])c([2H])c([2H])c6c5c4[2H])c([2H])c32)c1[2H]. The molecule has 0 bridgehead atoms. The number of nitrogens with one attached hydrogen (secondary N) is 2. The maximum absolute atomic E-state index is 9.01. The van der Waals surface area contributed by atoms with Gasteiger partial charge in [-0.05, 0) is 47.4 Å². The Hall–Kier alpha value is -3.52. The molecule has 0 atom stereocenters. The van der Waals surface area contributed by atoms with E-state index in [-0.39, 0.29) is 54.7 Å². The first-order valence-electron chi connectivity index (χ1n) is 14.8. The number of hydrogen-bond acceptors (Lipinski definition) is 0. The molecule has 0 fully saturated rings. The minimum absolute atomic E-state index is 0.0685. The number of aromatic amines is 2. The van der Waals surface area contributed by atoms with E-state index in [0.29, 0.717) is 0 Å². The largest absolute Gasteiger partial charge is 0.355 e. The number of fused-ring (bicyclic) bond motifs is 6. The number of benzene rings is 4. The summed E-state index contributed by atoms with van der Waals surface area (Å²) in [5.74, 6) is 0. The number of H-pyrrole nitrogens is 2. The van der Waals surface area contributed by atoms with Crippen LogP contribution >= 0.6 is 0 Å². The molecule has 0 amide bonds. The van der Waals surface area contributed by atoms with Crippen LogP contribution in [0.4, 0.5) is 0 Å². The van der Waals surface area contributed by atoms with Crippen molar-refractivity contribution in [2.24, 2.45) is 0 Å². The summed E-state index contributed by atoms with van der Waals surface area (Å²) in [5, 5.41) is -0.395. The van der Waals surface area contributed by atoms with Crippen molar-refractivity contribution in [2.45, 2.75) is 0 Å². The predicted octanol–water partition coefficient (Wildman–Crippen LogP) is 6.62. The normalized spacial score (nSPS) is 19.4. The molecular weight excluding hydrogens is 316 g/mol. The molecule has 6 rings (SSSR count). The van der Waals surface area contributed by atoms with E-state index < -0.39 is 84.6 Å². The fourth-order valence-electron chi connectivity index (χ4n) is 3.06. The maximum Gasteiger partial charge on any atom is 0.0645 e. The Kier molecular flexibility index (Phi) is 1.16. The molecule has 2 aromatic heterocycles. The fraction of sp³-hybridized carbons (Fsp3) is 0. The van der Waals surface area contributed by atoms with Crippen molar-refractivity contribution in [1.29, 1.82) is 0 Å². The second-order valence-electron chi connectivity index (χ2n) is 5.75. The summed E-state index contributed by atoms with van der Waals surface area (Å²) in [4.78, 5) is 5.48. The van der Waals surface area contributed by atoms with Crippen molar-refractivity contribution in [3.63, 3.8) is 0 Å². The van der Waals surface area contributed by atoms with Crippen LogP contribution in [0.3, 0.4) is 0 Å². The molecule has 0 saturated heterocycles. The molecule has 4 aromatic carbocycles. The quantitative estimate of drug-likeness (QED) is 0.335. The molecule has 0 saturated carbocycles. The predicted molar refractivity (Wildman–Crippen MR) is 111 cm³/mol. The Morgan fingerprint density at radius 3 is 1.38 bits per heavy atom. The molecule has 0 aliphatic rings. The monoisotopic (exact) mass is 346 g/mol. The molecule has 2 nitrogen and oxygen atoms in total. The van der Waals surface area contributed by atoms with Gasteiger partial charge in [0.15, 0.2) is 0 Å². The van der Waals surface area contributed by atoms with Gasteiger partial charge in [0.05, 0.1) is 19.2 Å². The molecular formula is C24H16N2. The Morgan fingerprint density at radius 1 is 0.462 bits per heavy atom. The average Bonchev–Trinajstić information content (AvgIpc) is 3.53. The lowest BCUT2D eigenvalue weighted by Gasteiger charge is -2.03. The molecule has 0 radical (unpaired) electrons. The van der Waals surface area contributed by atoms with E-state index in [0.717, 1.165) is 0 Å². The van der Waals surface area contributed by atoms with E-state index in [1.807, 2.05) is 0 Å². The second kappa shape index (κ2) is 4.99. The van der Waals surface area contributed by atoms with Crippen LogP contribution < -0.4 is 0 Å². The first-order valence-corrected chi connectivity index (χ1v) is 7.75. The zero-order chi connectivity index (χ0) is 29.3. The van der Waals surface area contributed by atoms with Crippen molar-refractivity contribution < 1.29 is 19.2 Å². The topological polar surface area (TPSA) is 31.6 Å². The lowest BCUT2D eigenvalue weighted by atomic mass is 10.0. The summed E-state index contributed by atoms with van der Waals surface area (Å²) in [6.45, 7) is 0. The zero-order valence-electron chi connectivity index (χ0n) is 27.0. The van der Waals surface area contributed by atoms with Gasteiger partial charge >= 0.3 is 0 Å². The highest BCUT2D eigenvalue weighted by molar-refractivity contribution is 6.10. The Balaban J connectivity index is 1.86. The molecule has 2 heterocycles. The minimum atomic E-state index is -0.582. The van der Waals surface area contributed by atoms with Crippen LogP contribution in [-0.2, 0) is 0 Å². The molecule has 0 aliphatic heterocycles. The first-order chi connectivity index (χ1) is 18.7. The van der Waals surface area contributed by atoms with Gasteiger partial charge < -0.3 is 9.97 Å². The number of para-hydroxylation sites is 2. The standard InChI is InChI=1S/C24H16N2/c1-3-7-21-17(5-1)19-13-15(9-11-23(19)25-21)16-10-12-24-20(14-16)18-6-2-4-8-22(18)26-24/h1-14,25-26H/i1D,2D,3D,4D,5D,6D,7D,8D,9D,10D,11D,12D,13D,14D. The van der Waals surface area contributed by atoms with Gasteiger partial charge in [-0.3, -0.25) is 0 Å². The highest BCUT2D eigenvalue weighted by Gasteiger charge is 2.08. The summed E-state index contributed by atoms with van der Waals surface area (Å²) >= 11 is 0. The highest BCUT2D eigenvalue weighted by atomic mass is 14.7. The fourth-order valence-corrected chi connectivity index (χ4v) is 3.06. The van der Waals surface area contributed by atoms with Crippen LogP contribution in [0.5, 0.6) is 0 Å². The summed E-state index contributed by atoms with van der Waals surface area (Å²) in [7, 11) is 0. The molecule has 2 heteroatoms. The van der Waals surface area contributed by atoms with Gasteiger partial charge in [0, 0.05) is 43.6 Å². The average molecular weight is 346 g/mol. The zero-order valence-corrected chi connectivity index (χ0v) is 13.0. The van der Waals surface area contributed by atoms with E-state index in [1.54, 1.807) is 0 Å². The van der Waals surface area contributed by atoms with Gasteiger partial charge in [-0.15, -0.1) is 0 Å². The van der Waals surface area contributed by atoms with Crippen molar-refractivity contribution in [3.05, 3.63) is 84.6 Å². The Bertz CT molecular complexity index is 2000. The van der Waals surface area contributed by atoms with Crippen LogP contribution in [0.25, 0.3) is 54.7 Å². The van der Waals surface area contributed by atoms with Crippen LogP contribution in [0.2, 0.25) is 0 Å². The Morgan fingerprint density at radius 2 is 0.885 bits per heavy atom. The summed E-state index contributed by atoms with van der Waals surface area (Å²) < 4.78 is 118. The first kappa shape index (κ1) is 6.03. The molecule has 6 aromatic rings. The van der Waals surface area contributed by atoms with Gasteiger partial charge in [-0.2, -0.15) is 0 Å². The number of hydrogen-bond donors (Lipinski definition) is 2. The third-order valence-corrected chi connectivity index (χ3v) is 4.25. The molecule has 0 spiro atoms. The van der Waals surface area contributed by atoms with Gasteiger partial charge in [0.2, 0.25) is 0 Å². The molecule has 0 aliphatic carbocycles. The van der Waals surface area contributed by atoms with E-state index in [1.165, 1.54) is 0 Å². The highest BCUT2D eigenvalue weighted by Crippen LogP contribution is 2.33. The van der Waals surface area contributed by atoms with Crippen molar-refractivity contribution in [1.82, 2.24) is 9.97 Å². The Labute approximate surface area is 169 Å². The molecule has 122 valence electrons. The lowest BCUT2D eigenvalue weighted by Crippen LogP contribution is -1.78. The van der Waals surface area contributed by atoms with E-state index in [4.69, 9.17) is 19.2 Å². The lowest BCUT2D eigenvalue weighted by molar-refractivity contribution is 1.54. The van der Waals surface area contributed by atoms with E-state index >= 15 is 0 Å². The number of rotatable bonds is 1. The van der Waals surface area contributed by atoms with Crippen molar-refractivity contribution >= 4 is 43.6 Å². The molecule has 0 unspecified atom stereocenters. The molecule has 26 heavy (non-hydrogen) atoms. The van der Waals surface area contributed by atoms with Crippen LogP contribution in [0.1, 0.15) is 19.2 Å². The summed E-state index contributed by atoms with van der Waals surface area (Å²) in [5.41, 5.74) is -1.08. The van der Waals surface area contributed by atoms with Gasteiger partial charge in [0.1, 0.15) is 0 Å². The maximum atomic E-state index is 9.01. The third-order valence-electron chi connectivity index (χ3n) is 4.25. The smallest absolute Gasteiger partial charge is 0.0645 e. The van der Waals surface area contributed by atoms with Gasteiger partial charge in [-0.25, -0.2) is 0 Å². The molecule has 2 N–H and O–H groups in total. The van der Waals surface area contributed by atoms with Crippen molar-refractivity contribution in [2.75, 3.05) is 0 Å². The van der Waals surface area contributed by atoms with Gasteiger partial charge in [-0.1, -0.05) is 48.3 Å². The summed E-state index contributed by atoms with van der Waals surface area (Å²) in [6.07, 6.45) is 0. The third kappa shape index (κ3) is 1.87. The van der Waals surface area contributed by atoms with Gasteiger partial charge in [0.25, 0.3) is 0 Å². The summed E-state index contributed by atoms with van der Waals surface area (Å²) in [6, 6.07) is -7.09. The number of aromatic nitrogens is 2. The minimum Gasteiger partial charge on any atom is -0.355 e. The van der Waals surface area contributed by atoms with E-state index in [9.17, 15) is 0 Å². The van der Waals surface area contributed by atoms with E-state index in [2.05, 4.69) is 9.97 Å². The van der Waals surface area contributed by atoms with Crippen LogP contribution in [-0.4, -0.2) is 9.97 Å². The van der Waals surface area contributed by atoms with Crippen LogP contribution in [0, 0.1) is 0 Å². The van der Waals surface area contributed by atoms with Crippen molar-refractivity contribution in [3.8, 4) is 11.1 Å². The van der Waals surface area contributed by atoms with Crippen LogP contribution in [0.15, 0.2) is 84.6 Å². The second-order valence-corrected chi connectivity index (χ2v) is 5.75.